The Morgan fingerprint density at radius 2 is 1.55 bits per heavy atom. The number of nitroso groups, excluding NO2 is 1. The van der Waals surface area contributed by atoms with Gasteiger partial charge in [-0.05, 0) is 123 Å². The van der Waals surface area contributed by atoms with Gasteiger partial charge in [0.25, 0.3) is 0 Å². The van der Waals surface area contributed by atoms with Crippen LogP contribution in [-0.4, -0.2) is 16.7 Å². The van der Waals surface area contributed by atoms with E-state index in [1.54, 1.807) is 0 Å². The molecule has 0 amide bonds. The van der Waals surface area contributed by atoms with Crippen molar-refractivity contribution in [2.45, 2.75) is 110 Å². The minimum atomic E-state index is -0.313. The molecular formula is C28H45NO2. The van der Waals surface area contributed by atoms with Gasteiger partial charge in [0.2, 0.25) is 0 Å². The van der Waals surface area contributed by atoms with Crippen molar-refractivity contribution >= 4 is 0 Å². The minimum absolute atomic E-state index is 0.0187. The van der Waals surface area contributed by atoms with Crippen LogP contribution in [0.3, 0.4) is 0 Å². The summed E-state index contributed by atoms with van der Waals surface area (Å²) in [7, 11) is 0. The molecule has 5 aliphatic rings. The summed E-state index contributed by atoms with van der Waals surface area (Å²) in [6.07, 6.45) is 11.4. The summed E-state index contributed by atoms with van der Waals surface area (Å²) < 4.78 is 0. The Morgan fingerprint density at radius 3 is 2.23 bits per heavy atom. The molecule has 3 heteroatoms. The van der Waals surface area contributed by atoms with Crippen LogP contribution in [0.1, 0.15) is 98.8 Å². The summed E-state index contributed by atoms with van der Waals surface area (Å²) in [5.41, 5.74) is 1.68. The maximum atomic E-state index is 12.2. The Balaban J connectivity index is 1.51. The number of aliphatic hydroxyl groups excluding tert-OH is 1. The van der Waals surface area contributed by atoms with Crippen molar-refractivity contribution in [2.75, 3.05) is 0 Å². The van der Waals surface area contributed by atoms with E-state index in [1.807, 2.05) is 0 Å². The van der Waals surface area contributed by atoms with Gasteiger partial charge in [-0.25, -0.2) is 0 Å². The van der Waals surface area contributed by atoms with E-state index in [0.29, 0.717) is 34.5 Å². The molecule has 0 heterocycles. The lowest BCUT2D eigenvalue weighted by atomic mass is 9.36. The first-order valence-corrected chi connectivity index (χ1v) is 13.2. The molecule has 5 rings (SSSR count). The topological polar surface area (TPSA) is 49.7 Å². The molecule has 0 aromatic rings. The van der Waals surface area contributed by atoms with Crippen molar-refractivity contribution in [2.24, 2.45) is 56.9 Å². The smallest absolute Gasteiger partial charge is 0.106 e. The highest BCUT2D eigenvalue weighted by atomic mass is 16.3. The number of nitrogens with zero attached hydrogens (tertiary/aromatic N) is 1. The largest absolute Gasteiger partial charge is 0.393 e. The molecule has 0 spiro atoms. The first-order valence-electron chi connectivity index (χ1n) is 13.2. The van der Waals surface area contributed by atoms with Crippen molar-refractivity contribution in [3.8, 4) is 0 Å². The van der Waals surface area contributed by atoms with E-state index < -0.39 is 0 Å². The average Bonchev–Trinajstić information content (AvgIpc) is 3.11. The summed E-state index contributed by atoms with van der Waals surface area (Å²) in [6.45, 7) is 16.4. The second kappa shape index (κ2) is 6.90. The third-order valence-corrected chi connectivity index (χ3v) is 12.3. The van der Waals surface area contributed by atoms with Gasteiger partial charge in [-0.1, -0.05) is 45.0 Å². The molecule has 0 aliphatic heterocycles. The third-order valence-electron chi connectivity index (χ3n) is 12.3. The molecule has 0 radical (unpaired) electrons. The summed E-state index contributed by atoms with van der Waals surface area (Å²) >= 11 is 0. The number of rotatable bonds is 2. The van der Waals surface area contributed by atoms with Crippen LogP contribution in [0.5, 0.6) is 0 Å². The van der Waals surface area contributed by atoms with Crippen LogP contribution in [0.25, 0.3) is 0 Å². The van der Waals surface area contributed by atoms with Crippen LogP contribution < -0.4 is 0 Å². The average molecular weight is 428 g/mol. The van der Waals surface area contributed by atoms with Crippen molar-refractivity contribution in [3.63, 3.8) is 0 Å². The number of fused-ring (bicyclic) bond motifs is 7. The van der Waals surface area contributed by atoms with Crippen LogP contribution in [0.15, 0.2) is 17.3 Å². The van der Waals surface area contributed by atoms with Gasteiger partial charge in [0.1, 0.15) is 5.54 Å². The predicted octanol–water partition coefficient (Wildman–Crippen LogP) is 7.13. The summed E-state index contributed by atoms with van der Waals surface area (Å²) in [4.78, 5) is 12.2. The molecule has 5 saturated carbocycles. The molecule has 0 aromatic heterocycles. The van der Waals surface area contributed by atoms with Gasteiger partial charge >= 0.3 is 0 Å². The number of hydrogen-bond donors (Lipinski definition) is 1. The van der Waals surface area contributed by atoms with E-state index in [1.165, 1.54) is 44.1 Å². The van der Waals surface area contributed by atoms with Crippen LogP contribution in [0.2, 0.25) is 0 Å². The zero-order valence-corrected chi connectivity index (χ0v) is 20.6. The highest BCUT2D eigenvalue weighted by Gasteiger charge is 2.67. The molecule has 0 bridgehead atoms. The van der Waals surface area contributed by atoms with E-state index >= 15 is 0 Å². The lowest BCUT2D eigenvalue weighted by Crippen LogP contribution is -2.63. The summed E-state index contributed by atoms with van der Waals surface area (Å²) in [5.74, 6) is 3.63. The van der Waals surface area contributed by atoms with Crippen molar-refractivity contribution in [1.82, 2.24) is 0 Å². The second-order valence-corrected chi connectivity index (χ2v) is 13.6. The van der Waals surface area contributed by atoms with Crippen molar-refractivity contribution in [1.29, 1.82) is 0 Å². The molecule has 1 N–H and O–H groups in total. The fourth-order valence-corrected chi connectivity index (χ4v) is 10.9. The van der Waals surface area contributed by atoms with Crippen LogP contribution in [0.4, 0.5) is 0 Å². The maximum Gasteiger partial charge on any atom is 0.106 e. The minimum Gasteiger partial charge on any atom is -0.393 e. The molecule has 0 aromatic carbocycles. The van der Waals surface area contributed by atoms with Gasteiger partial charge in [-0.2, -0.15) is 4.91 Å². The van der Waals surface area contributed by atoms with Crippen molar-refractivity contribution in [3.05, 3.63) is 17.1 Å². The first-order chi connectivity index (χ1) is 14.5. The summed E-state index contributed by atoms with van der Waals surface area (Å²) in [6, 6.07) is 0. The fraction of sp³-hybridized carbons (Fsp3) is 0.929. The van der Waals surface area contributed by atoms with Gasteiger partial charge in [0, 0.05) is 0 Å². The highest BCUT2D eigenvalue weighted by molar-refractivity contribution is 5.20. The number of aliphatic hydroxyl groups is 1. The van der Waals surface area contributed by atoms with E-state index in [0.717, 1.165) is 37.5 Å². The van der Waals surface area contributed by atoms with E-state index in [9.17, 15) is 10.0 Å². The Bertz CT molecular complexity index is 775. The van der Waals surface area contributed by atoms with Crippen LogP contribution in [-0.2, 0) is 0 Å². The maximum absolute atomic E-state index is 12.2. The second-order valence-electron chi connectivity index (χ2n) is 13.6. The molecule has 9 unspecified atom stereocenters. The lowest BCUT2D eigenvalue weighted by Gasteiger charge is -2.69. The van der Waals surface area contributed by atoms with E-state index in [2.05, 4.69) is 46.4 Å². The molecular weight excluding hydrogens is 382 g/mol. The zero-order chi connectivity index (χ0) is 22.4. The van der Waals surface area contributed by atoms with Crippen molar-refractivity contribution < 1.29 is 5.11 Å². The number of allylic oxidation sites excluding steroid dienone is 1. The Kier molecular flexibility index (Phi) is 4.92. The van der Waals surface area contributed by atoms with E-state index in [4.69, 9.17) is 0 Å². The molecule has 0 saturated heterocycles. The monoisotopic (exact) mass is 427 g/mol. The Hall–Kier alpha value is -0.700. The van der Waals surface area contributed by atoms with Gasteiger partial charge < -0.3 is 5.11 Å². The molecule has 3 nitrogen and oxygen atoms in total. The fourth-order valence-electron chi connectivity index (χ4n) is 10.9. The van der Waals surface area contributed by atoms with Crippen LogP contribution >= 0.6 is 0 Å². The molecule has 174 valence electrons. The summed E-state index contributed by atoms with van der Waals surface area (Å²) in [5, 5.41) is 14.7. The van der Waals surface area contributed by atoms with Gasteiger partial charge in [0.15, 0.2) is 0 Å². The molecule has 5 aliphatic carbocycles. The Labute approximate surface area is 189 Å². The van der Waals surface area contributed by atoms with E-state index in [-0.39, 0.29) is 17.1 Å². The Morgan fingerprint density at radius 1 is 0.871 bits per heavy atom. The SMILES string of the molecule is C=C(C)[C@@H]1CCC2(N=O)CCC3C(CCC4C3(C)CCC3C(C)(C)C(O)CCC34C)C12. The lowest BCUT2D eigenvalue weighted by molar-refractivity contribution is -0.212. The van der Waals surface area contributed by atoms with Crippen LogP contribution in [0, 0.1) is 56.7 Å². The number of hydrogen-bond acceptors (Lipinski definition) is 3. The standard InChI is InChI=1S/C28H45NO2/c1-17(2)18-9-15-28(29-31)16-10-20-19(24(18)28)7-8-22-26(20,5)13-11-21-25(3,4)23(30)12-14-27(21,22)6/h18-24,30H,1,7-16H2,2-6H3/t18-,19?,20?,21?,22?,23?,24?,26?,27?,28?/m0/s1. The third kappa shape index (κ3) is 2.74. The van der Waals surface area contributed by atoms with Gasteiger partial charge in [0.05, 0.1) is 6.10 Å². The quantitative estimate of drug-likeness (QED) is 0.376. The molecule has 31 heavy (non-hydrogen) atoms. The molecule has 10 atom stereocenters. The predicted molar refractivity (Wildman–Crippen MR) is 126 cm³/mol. The van der Waals surface area contributed by atoms with Gasteiger partial charge in [-0.3, -0.25) is 0 Å². The molecule has 5 fully saturated rings. The first kappa shape index (κ1) is 22.1. The normalized spacial score (nSPS) is 55.4. The van der Waals surface area contributed by atoms with Gasteiger partial charge in [-0.15, -0.1) is 0 Å². The zero-order valence-electron chi connectivity index (χ0n) is 20.6. The highest BCUT2D eigenvalue weighted by Crippen LogP contribution is 2.72.